The summed E-state index contributed by atoms with van der Waals surface area (Å²) in [5.41, 5.74) is -2.29. The lowest BCUT2D eigenvalue weighted by Gasteiger charge is -2.11. The molecule has 0 spiro atoms. The summed E-state index contributed by atoms with van der Waals surface area (Å²) in [6.07, 6.45) is -5.01. The first-order chi connectivity index (χ1) is 9.29. The lowest BCUT2D eigenvalue weighted by Crippen LogP contribution is -2.17. The second-order valence-corrected chi connectivity index (χ2v) is 4.11. The van der Waals surface area contributed by atoms with Crippen molar-refractivity contribution in [2.75, 3.05) is 0 Å². The average molecular weight is 286 g/mol. The van der Waals surface area contributed by atoms with Crippen molar-refractivity contribution in [2.45, 2.75) is 19.0 Å². The number of fused-ring (bicyclic) bond motifs is 1. The highest BCUT2D eigenvalue weighted by atomic mass is 19.4. The van der Waals surface area contributed by atoms with E-state index in [9.17, 15) is 22.8 Å². The van der Waals surface area contributed by atoms with Gasteiger partial charge in [-0.2, -0.15) is 18.2 Å². The molecule has 0 aliphatic heterocycles. The molecule has 20 heavy (non-hydrogen) atoms. The Morgan fingerprint density at radius 1 is 1.35 bits per heavy atom. The van der Waals surface area contributed by atoms with E-state index in [1.54, 1.807) is 0 Å². The Labute approximate surface area is 110 Å². The van der Waals surface area contributed by atoms with Crippen molar-refractivity contribution in [1.29, 1.82) is 0 Å². The number of aromatic nitrogens is 2. The van der Waals surface area contributed by atoms with Crippen LogP contribution in [0.25, 0.3) is 10.9 Å². The molecule has 0 saturated heterocycles. The van der Waals surface area contributed by atoms with Crippen LogP contribution in [0.1, 0.15) is 17.7 Å². The fraction of sp³-hybridized carbons (Fsp3) is 0.250. The third kappa shape index (κ3) is 2.79. The van der Waals surface area contributed by atoms with Gasteiger partial charge in [-0.15, -0.1) is 0 Å². The van der Waals surface area contributed by atoms with Crippen LogP contribution in [-0.4, -0.2) is 21.0 Å². The number of para-hydroxylation sites is 1. The van der Waals surface area contributed by atoms with E-state index in [0.717, 1.165) is 6.07 Å². The number of aliphatic carboxylic acids is 1. The predicted octanol–water partition coefficient (Wildman–Crippen LogP) is 1.96. The van der Waals surface area contributed by atoms with Gasteiger partial charge in [0.25, 0.3) is 0 Å². The number of carboxylic acid groups (broad SMARTS) is 1. The highest BCUT2D eigenvalue weighted by molar-refractivity contribution is 5.84. The van der Waals surface area contributed by atoms with Crippen molar-refractivity contribution in [1.82, 2.24) is 9.97 Å². The molecule has 8 heteroatoms. The maximum absolute atomic E-state index is 12.8. The monoisotopic (exact) mass is 286 g/mol. The molecule has 0 saturated carbocycles. The number of benzene rings is 1. The van der Waals surface area contributed by atoms with E-state index in [1.807, 2.05) is 0 Å². The number of rotatable bonds is 3. The van der Waals surface area contributed by atoms with Crippen molar-refractivity contribution in [3.63, 3.8) is 0 Å². The van der Waals surface area contributed by atoms with E-state index in [0.29, 0.717) is 0 Å². The number of nitrogens with one attached hydrogen (secondary N) is 1. The van der Waals surface area contributed by atoms with Crippen LogP contribution >= 0.6 is 0 Å². The Morgan fingerprint density at radius 2 is 2.05 bits per heavy atom. The number of carboxylic acids is 1. The molecule has 1 heterocycles. The van der Waals surface area contributed by atoms with Crippen LogP contribution in [0.2, 0.25) is 0 Å². The molecule has 0 radical (unpaired) electrons. The first kappa shape index (κ1) is 14.0. The second kappa shape index (κ2) is 4.95. The fourth-order valence-corrected chi connectivity index (χ4v) is 1.89. The molecule has 2 rings (SSSR count). The maximum Gasteiger partial charge on any atom is 0.418 e. The summed E-state index contributed by atoms with van der Waals surface area (Å²) >= 11 is 0. The number of nitrogens with zero attached hydrogens (tertiary/aromatic N) is 1. The van der Waals surface area contributed by atoms with E-state index in [1.165, 1.54) is 12.1 Å². The molecule has 0 atom stereocenters. The molecule has 5 nitrogen and oxygen atoms in total. The Balaban J connectivity index is 2.66. The van der Waals surface area contributed by atoms with Gasteiger partial charge in [0.15, 0.2) is 0 Å². The number of alkyl halides is 3. The quantitative estimate of drug-likeness (QED) is 0.903. The van der Waals surface area contributed by atoms with Gasteiger partial charge in [-0.1, -0.05) is 12.1 Å². The number of hydrogen-bond donors (Lipinski definition) is 2. The molecular formula is C12H9F3N2O3. The number of halogens is 3. The zero-order chi connectivity index (χ0) is 14.9. The molecule has 0 aliphatic rings. The fourth-order valence-electron chi connectivity index (χ4n) is 1.89. The lowest BCUT2D eigenvalue weighted by molar-refractivity contribution is -0.137. The van der Waals surface area contributed by atoms with Crippen LogP contribution in [-0.2, 0) is 17.4 Å². The molecule has 0 unspecified atom stereocenters. The summed E-state index contributed by atoms with van der Waals surface area (Å²) in [7, 11) is 0. The summed E-state index contributed by atoms with van der Waals surface area (Å²) in [4.78, 5) is 27.5. The molecular weight excluding hydrogens is 277 g/mol. The summed E-state index contributed by atoms with van der Waals surface area (Å²) in [5.74, 6) is -1.11. The van der Waals surface area contributed by atoms with Gasteiger partial charge in [-0.3, -0.25) is 4.79 Å². The minimum atomic E-state index is -4.63. The summed E-state index contributed by atoms with van der Waals surface area (Å²) in [6.45, 7) is 0. The summed E-state index contributed by atoms with van der Waals surface area (Å²) in [5, 5.41) is 8.71. The van der Waals surface area contributed by atoms with Crippen LogP contribution in [0.5, 0.6) is 0 Å². The third-order valence-corrected chi connectivity index (χ3v) is 2.73. The first-order valence-electron chi connectivity index (χ1n) is 5.60. The van der Waals surface area contributed by atoms with Crippen molar-refractivity contribution in [2.24, 2.45) is 0 Å². The van der Waals surface area contributed by atoms with Crippen LogP contribution in [0.4, 0.5) is 13.2 Å². The standard InChI is InChI=1S/C12H9F3N2O3/c13-12(14,15)7-3-1-2-6-8(4-5-9(18)19)16-11(20)17-10(6)7/h1-3H,4-5H2,(H,18,19)(H,16,17,20). The number of carbonyl (C=O) groups is 1. The molecule has 0 amide bonds. The van der Waals surface area contributed by atoms with Crippen molar-refractivity contribution < 1.29 is 23.1 Å². The Kier molecular flexibility index (Phi) is 3.47. The number of aryl methyl sites for hydroxylation is 1. The SMILES string of the molecule is O=C(O)CCc1[nH]c(=O)nc2c(C(F)(F)F)cccc12. The second-order valence-electron chi connectivity index (χ2n) is 4.11. The van der Waals surface area contributed by atoms with Gasteiger partial charge < -0.3 is 10.1 Å². The van der Waals surface area contributed by atoms with E-state index >= 15 is 0 Å². The number of aromatic amines is 1. The number of hydrogen-bond acceptors (Lipinski definition) is 3. The lowest BCUT2D eigenvalue weighted by atomic mass is 10.1. The molecule has 2 N–H and O–H groups in total. The van der Waals surface area contributed by atoms with Crippen LogP contribution in [0.15, 0.2) is 23.0 Å². The normalized spacial score (nSPS) is 11.8. The zero-order valence-corrected chi connectivity index (χ0v) is 9.99. The molecule has 106 valence electrons. The topological polar surface area (TPSA) is 83.0 Å². The first-order valence-corrected chi connectivity index (χ1v) is 5.60. The zero-order valence-electron chi connectivity index (χ0n) is 9.99. The summed E-state index contributed by atoms with van der Waals surface area (Å²) in [6, 6.07) is 3.38. The Bertz CT molecular complexity index is 722. The largest absolute Gasteiger partial charge is 0.481 e. The molecule has 1 aromatic heterocycles. The maximum atomic E-state index is 12.8. The van der Waals surface area contributed by atoms with E-state index in [2.05, 4.69) is 9.97 Å². The minimum absolute atomic E-state index is 0.0785. The van der Waals surface area contributed by atoms with Crippen LogP contribution in [0.3, 0.4) is 0 Å². The van der Waals surface area contributed by atoms with E-state index < -0.39 is 28.9 Å². The van der Waals surface area contributed by atoms with Crippen LogP contribution < -0.4 is 5.69 Å². The van der Waals surface area contributed by atoms with Crippen LogP contribution in [0, 0.1) is 0 Å². The van der Waals surface area contributed by atoms with Gasteiger partial charge in [0.05, 0.1) is 17.5 Å². The van der Waals surface area contributed by atoms with Gasteiger partial charge in [-0.05, 0) is 12.5 Å². The highest BCUT2D eigenvalue weighted by Crippen LogP contribution is 2.33. The smallest absolute Gasteiger partial charge is 0.418 e. The minimum Gasteiger partial charge on any atom is -0.481 e. The molecule has 0 fully saturated rings. The van der Waals surface area contributed by atoms with Gasteiger partial charge in [0, 0.05) is 11.1 Å². The van der Waals surface area contributed by atoms with Gasteiger partial charge in [-0.25, -0.2) is 4.79 Å². The Morgan fingerprint density at radius 3 is 2.65 bits per heavy atom. The van der Waals surface area contributed by atoms with Crippen molar-refractivity contribution in [3.05, 3.63) is 39.9 Å². The van der Waals surface area contributed by atoms with Gasteiger partial charge in [0.2, 0.25) is 0 Å². The van der Waals surface area contributed by atoms with Crippen molar-refractivity contribution >= 4 is 16.9 Å². The van der Waals surface area contributed by atoms with E-state index in [4.69, 9.17) is 5.11 Å². The van der Waals surface area contributed by atoms with E-state index in [-0.39, 0.29) is 23.9 Å². The predicted molar refractivity (Wildman–Crippen MR) is 63.3 cm³/mol. The highest BCUT2D eigenvalue weighted by Gasteiger charge is 2.33. The average Bonchev–Trinajstić information content (AvgIpc) is 2.33. The van der Waals surface area contributed by atoms with Gasteiger partial charge in [0.1, 0.15) is 0 Å². The Hall–Kier alpha value is -2.38. The van der Waals surface area contributed by atoms with Crippen molar-refractivity contribution in [3.8, 4) is 0 Å². The summed E-state index contributed by atoms with van der Waals surface area (Å²) < 4.78 is 38.5. The van der Waals surface area contributed by atoms with Gasteiger partial charge >= 0.3 is 17.8 Å². The molecule has 1 aromatic carbocycles. The molecule has 0 aliphatic carbocycles. The molecule has 0 bridgehead atoms. The molecule has 2 aromatic rings. The number of H-pyrrole nitrogens is 1. The third-order valence-electron chi connectivity index (χ3n) is 2.73.